The lowest BCUT2D eigenvalue weighted by Crippen LogP contribution is -2.22. The maximum atomic E-state index is 12.1. The molecule has 20 heavy (non-hydrogen) atoms. The summed E-state index contributed by atoms with van der Waals surface area (Å²) >= 11 is 3.37. The van der Waals surface area contributed by atoms with E-state index in [4.69, 9.17) is 0 Å². The first-order valence-corrected chi connectivity index (χ1v) is 7.37. The fourth-order valence-corrected chi connectivity index (χ4v) is 2.77. The van der Waals surface area contributed by atoms with Gasteiger partial charge in [-0.2, -0.15) is 0 Å². The van der Waals surface area contributed by atoms with Crippen LogP contribution in [0, 0.1) is 0 Å². The van der Waals surface area contributed by atoms with Gasteiger partial charge in [0.15, 0.2) is 0 Å². The lowest BCUT2D eigenvalue weighted by molar-refractivity contribution is 0.0951. The molecule has 102 valence electrons. The Morgan fingerprint density at radius 3 is 2.85 bits per heavy atom. The van der Waals surface area contributed by atoms with Gasteiger partial charge < -0.3 is 10.6 Å². The quantitative estimate of drug-likeness (QED) is 0.908. The maximum Gasteiger partial charge on any atom is 0.251 e. The molecule has 0 bridgehead atoms. The second-order valence-electron chi connectivity index (χ2n) is 4.90. The average molecular weight is 331 g/mol. The molecule has 2 aromatic carbocycles. The summed E-state index contributed by atoms with van der Waals surface area (Å²) in [5.41, 5.74) is 4.49. The molecule has 1 aliphatic heterocycles. The lowest BCUT2D eigenvalue weighted by atomic mass is 10.1. The molecular formula is C16H15BrN2O. The minimum absolute atomic E-state index is 0.0510. The number of benzene rings is 2. The molecule has 1 heterocycles. The average Bonchev–Trinajstić information content (AvgIpc) is 2.92. The van der Waals surface area contributed by atoms with Gasteiger partial charge in [0.05, 0.1) is 0 Å². The number of hydrogen-bond acceptors (Lipinski definition) is 2. The Morgan fingerprint density at radius 2 is 2.00 bits per heavy atom. The van der Waals surface area contributed by atoms with Gasteiger partial charge in [0.25, 0.3) is 5.91 Å². The predicted octanol–water partition coefficient (Wildman–Crippen LogP) is 2.98. The Labute approximate surface area is 126 Å². The van der Waals surface area contributed by atoms with E-state index in [2.05, 4.69) is 44.8 Å². The molecular weight excluding hydrogens is 316 g/mol. The van der Waals surface area contributed by atoms with Gasteiger partial charge >= 0.3 is 0 Å². The van der Waals surface area contributed by atoms with Gasteiger partial charge in [-0.1, -0.05) is 40.2 Å². The molecule has 1 amide bonds. The van der Waals surface area contributed by atoms with Crippen LogP contribution in [0.25, 0.3) is 0 Å². The summed E-state index contributed by atoms with van der Waals surface area (Å²) in [6.07, 6.45) is 0. The highest BCUT2D eigenvalue weighted by atomic mass is 79.9. The summed E-state index contributed by atoms with van der Waals surface area (Å²) in [4.78, 5) is 12.1. The minimum Gasteiger partial charge on any atom is -0.348 e. The largest absolute Gasteiger partial charge is 0.348 e. The summed E-state index contributed by atoms with van der Waals surface area (Å²) in [6.45, 7) is 2.42. The number of amides is 1. The molecule has 3 rings (SSSR count). The Morgan fingerprint density at radius 1 is 1.15 bits per heavy atom. The Balaban J connectivity index is 1.66. The van der Waals surface area contributed by atoms with Gasteiger partial charge in [0, 0.05) is 29.7 Å². The fraction of sp³-hybridized carbons (Fsp3) is 0.188. The van der Waals surface area contributed by atoms with Crippen LogP contribution in [0.4, 0.5) is 0 Å². The van der Waals surface area contributed by atoms with E-state index in [1.807, 2.05) is 24.3 Å². The molecule has 0 spiro atoms. The third-order valence-electron chi connectivity index (χ3n) is 3.44. The van der Waals surface area contributed by atoms with E-state index in [-0.39, 0.29) is 5.91 Å². The Hall–Kier alpha value is -1.65. The van der Waals surface area contributed by atoms with Crippen molar-refractivity contribution in [3.63, 3.8) is 0 Å². The van der Waals surface area contributed by atoms with E-state index in [9.17, 15) is 4.79 Å². The van der Waals surface area contributed by atoms with E-state index < -0.39 is 0 Å². The summed E-state index contributed by atoms with van der Waals surface area (Å²) in [7, 11) is 0. The van der Waals surface area contributed by atoms with Crippen molar-refractivity contribution in [2.75, 3.05) is 0 Å². The Kier molecular flexibility index (Phi) is 3.85. The van der Waals surface area contributed by atoms with Gasteiger partial charge in [0.2, 0.25) is 0 Å². The van der Waals surface area contributed by atoms with E-state index in [1.54, 1.807) is 0 Å². The lowest BCUT2D eigenvalue weighted by Gasteiger charge is -2.07. The molecule has 0 fully saturated rings. The van der Waals surface area contributed by atoms with Crippen molar-refractivity contribution in [2.24, 2.45) is 0 Å². The number of halogens is 1. The van der Waals surface area contributed by atoms with Crippen LogP contribution in [0.5, 0.6) is 0 Å². The molecule has 0 unspecified atom stereocenters. The molecule has 3 nitrogen and oxygen atoms in total. The van der Waals surface area contributed by atoms with E-state index in [0.29, 0.717) is 12.1 Å². The molecule has 0 aliphatic carbocycles. The zero-order valence-corrected chi connectivity index (χ0v) is 12.5. The van der Waals surface area contributed by atoms with Crippen molar-refractivity contribution in [3.05, 3.63) is 69.2 Å². The number of carbonyl (C=O) groups is 1. The van der Waals surface area contributed by atoms with Crippen molar-refractivity contribution >= 4 is 21.8 Å². The van der Waals surface area contributed by atoms with Crippen molar-refractivity contribution in [3.8, 4) is 0 Å². The van der Waals surface area contributed by atoms with Gasteiger partial charge in [-0.25, -0.2) is 0 Å². The van der Waals surface area contributed by atoms with Gasteiger partial charge in [0.1, 0.15) is 0 Å². The highest BCUT2D eigenvalue weighted by Gasteiger charge is 2.11. The minimum atomic E-state index is -0.0510. The molecule has 2 aromatic rings. The van der Waals surface area contributed by atoms with Crippen molar-refractivity contribution in [2.45, 2.75) is 19.6 Å². The number of rotatable bonds is 3. The molecule has 0 radical (unpaired) electrons. The first-order valence-electron chi connectivity index (χ1n) is 6.57. The normalized spacial score (nSPS) is 13.1. The third-order valence-corrected chi connectivity index (χ3v) is 3.93. The highest BCUT2D eigenvalue weighted by Crippen LogP contribution is 2.17. The van der Waals surface area contributed by atoms with Crippen LogP contribution in [-0.2, 0) is 19.6 Å². The number of nitrogens with one attached hydrogen (secondary N) is 2. The first kappa shape index (κ1) is 13.3. The van der Waals surface area contributed by atoms with Crippen LogP contribution in [0.1, 0.15) is 27.0 Å². The summed E-state index contributed by atoms with van der Waals surface area (Å²) in [6, 6.07) is 13.8. The van der Waals surface area contributed by atoms with Crippen LogP contribution in [0.2, 0.25) is 0 Å². The maximum absolute atomic E-state index is 12.1. The molecule has 4 heteroatoms. The standard InChI is InChI=1S/C16H15BrN2O/c17-15-3-1-2-12(7-15)16(20)19-8-11-4-5-13-9-18-10-14(13)6-11/h1-7,18H,8-10H2,(H,19,20). The summed E-state index contributed by atoms with van der Waals surface area (Å²) in [5, 5.41) is 6.27. The molecule has 0 aromatic heterocycles. The second-order valence-corrected chi connectivity index (χ2v) is 5.82. The van der Waals surface area contributed by atoms with Gasteiger partial charge in [-0.3, -0.25) is 4.79 Å². The zero-order chi connectivity index (χ0) is 13.9. The van der Waals surface area contributed by atoms with Crippen molar-refractivity contribution < 1.29 is 4.79 Å². The monoisotopic (exact) mass is 330 g/mol. The first-order chi connectivity index (χ1) is 9.72. The smallest absolute Gasteiger partial charge is 0.251 e. The SMILES string of the molecule is O=C(NCc1ccc2c(c1)CNC2)c1cccc(Br)c1. The van der Waals surface area contributed by atoms with Crippen LogP contribution < -0.4 is 10.6 Å². The van der Waals surface area contributed by atoms with E-state index >= 15 is 0 Å². The van der Waals surface area contributed by atoms with Crippen LogP contribution in [-0.4, -0.2) is 5.91 Å². The molecule has 0 saturated heterocycles. The van der Waals surface area contributed by atoms with Gasteiger partial charge in [-0.15, -0.1) is 0 Å². The van der Waals surface area contributed by atoms with Gasteiger partial charge in [-0.05, 0) is 34.9 Å². The second kappa shape index (κ2) is 5.77. The molecule has 2 N–H and O–H groups in total. The van der Waals surface area contributed by atoms with Crippen LogP contribution in [0.15, 0.2) is 46.9 Å². The zero-order valence-electron chi connectivity index (χ0n) is 10.9. The highest BCUT2D eigenvalue weighted by molar-refractivity contribution is 9.10. The Bertz CT molecular complexity index is 655. The number of fused-ring (bicyclic) bond motifs is 1. The van der Waals surface area contributed by atoms with Crippen molar-refractivity contribution in [1.82, 2.24) is 10.6 Å². The number of carbonyl (C=O) groups excluding carboxylic acids is 1. The fourth-order valence-electron chi connectivity index (χ4n) is 2.37. The predicted molar refractivity (Wildman–Crippen MR) is 82.3 cm³/mol. The van der Waals surface area contributed by atoms with E-state index in [0.717, 1.165) is 23.1 Å². The van der Waals surface area contributed by atoms with Crippen molar-refractivity contribution in [1.29, 1.82) is 0 Å². The molecule has 1 aliphatic rings. The number of hydrogen-bond donors (Lipinski definition) is 2. The van der Waals surface area contributed by atoms with Crippen LogP contribution in [0.3, 0.4) is 0 Å². The third kappa shape index (κ3) is 2.92. The molecule has 0 saturated carbocycles. The molecule has 0 atom stereocenters. The summed E-state index contributed by atoms with van der Waals surface area (Å²) in [5.74, 6) is -0.0510. The summed E-state index contributed by atoms with van der Waals surface area (Å²) < 4.78 is 0.911. The topological polar surface area (TPSA) is 41.1 Å². The van der Waals surface area contributed by atoms with Crippen LogP contribution >= 0.6 is 15.9 Å². The van der Waals surface area contributed by atoms with E-state index in [1.165, 1.54) is 11.1 Å².